The van der Waals surface area contributed by atoms with Crippen LogP contribution in [0.5, 0.6) is 5.75 Å². The first kappa shape index (κ1) is 16.5. The summed E-state index contributed by atoms with van der Waals surface area (Å²) in [6.07, 6.45) is 1.75. The first-order chi connectivity index (χ1) is 9.56. The molecule has 0 bridgehead atoms. The molecule has 2 unspecified atom stereocenters. The van der Waals surface area contributed by atoms with Crippen LogP contribution in [0.2, 0.25) is 0 Å². The first-order valence-electron chi connectivity index (χ1n) is 7.08. The van der Waals surface area contributed by atoms with E-state index in [1.165, 1.54) is 0 Å². The number of benzene rings is 1. The van der Waals surface area contributed by atoms with Gasteiger partial charge in [-0.15, -0.1) is 0 Å². The van der Waals surface area contributed by atoms with Crippen molar-refractivity contribution in [2.75, 3.05) is 20.2 Å². The van der Waals surface area contributed by atoms with Gasteiger partial charge in [0.1, 0.15) is 18.5 Å². The minimum Gasteiger partial charge on any atom is -0.491 e. The van der Waals surface area contributed by atoms with Crippen molar-refractivity contribution >= 4 is 0 Å². The number of hydrogen-bond acceptors (Lipinski definition) is 4. The van der Waals surface area contributed by atoms with Crippen LogP contribution in [0.1, 0.15) is 32.3 Å². The molecule has 1 N–H and O–H groups in total. The molecule has 0 saturated heterocycles. The van der Waals surface area contributed by atoms with E-state index in [-0.39, 0.29) is 6.61 Å². The number of aliphatic hydroxyl groups is 1. The Kier molecular flexibility index (Phi) is 7.06. The molecule has 0 radical (unpaired) electrons. The molecule has 4 nitrogen and oxygen atoms in total. The van der Waals surface area contributed by atoms with E-state index in [0.29, 0.717) is 23.9 Å². The fourth-order valence-electron chi connectivity index (χ4n) is 2.02. The van der Waals surface area contributed by atoms with Crippen LogP contribution in [0, 0.1) is 11.3 Å². The molecule has 0 fully saturated rings. The molecule has 0 aliphatic rings. The Morgan fingerprint density at radius 2 is 2.00 bits per heavy atom. The second-order valence-electron chi connectivity index (χ2n) is 5.18. The van der Waals surface area contributed by atoms with Crippen molar-refractivity contribution in [1.29, 1.82) is 5.26 Å². The monoisotopic (exact) mass is 276 g/mol. The minimum absolute atomic E-state index is 0.259. The Labute approximate surface area is 121 Å². The topological polar surface area (TPSA) is 56.5 Å². The van der Waals surface area contributed by atoms with E-state index in [1.54, 1.807) is 24.3 Å². The fourth-order valence-corrected chi connectivity index (χ4v) is 2.02. The summed E-state index contributed by atoms with van der Waals surface area (Å²) in [6, 6.07) is 9.42. The summed E-state index contributed by atoms with van der Waals surface area (Å²) >= 11 is 0. The van der Waals surface area contributed by atoms with Gasteiger partial charge in [0, 0.05) is 12.6 Å². The van der Waals surface area contributed by atoms with Crippen LogP contribution in [0.25, 0.3) is 0 Å². The highest BCUT2D eigenvalue weighted by molar-refractivity contribution is 5.34. The highest BCUT2D eigenvalue weighted by Gasteiger charge is 2.13. The van der Waals surface area contributed by atoms with E-state index in [0.717, 1.165) is 12.8 Å². The lowest BCUT2D eigenvalue weighted by molar-refractivity contribution is 0.0641. The van der Waals surface area contributed by atoms with Crippen molar-refractivity contribution in [2.45, 2.75) is 38.8 Å². The predicted octanol–water partition coefficient (Wildman–Crippen LogP) is 2.42. The highest BCUT2D eigenvalue weighted by Crippen LogP contribution is 2.12. The molecular formula is C16H24N2O2. The van der Waals surface area contributed by atoms with Gasteiger partial charge in [0.25, 0.3) is 0 Å². The molecule has 0 aliphatic heterocycles. The van der Waals surface area contributed by atoms with Gasteiger partial charge in [-0.2, -0.15) is 5.26 Å². The highest BCUT2D eigenvalue weighted by atomic mass is 16.5. The maximum Gasteiger partial charge on any atom is 0.119 e. The molecule has 1 aromatic rings. The van der Waals surface area contributed by atoms with Crippen LogP contribution in [-0.4, -0.2) is 42.4 Å². The third kappa shape index (κ3) is 5.60. The number of nitrogens with zero attached hydrogens (tertiary/aromatic N) is 2. The largest absolute Gasteiger partial charge is 0.491 e. The average Bonchev–Trinajstić information content (AvgIpc) is 2.45. The van der Waals surface area contributed by atoms with E-state index >= 15 is 0 Å². The third-order valence-electron chi connectivity index (χ3n) is 3.38. The Hall–Kier alpha value is -1.57. The zero-order valence-electron chi connectivity index (χ0n) is 12.5. The minimum atomic E-state index is -0.519. The van der Waals surface area contributed by atoms with E-state index < -0.39 is 6.10 Å². The first-order valence-corrected chi connectivity index (χ1v) is 7.08. The summed E-state index contributed by atoms with van der Waals surface area (Å²) in [5.74, 6) is 0.673. The van der Waals surface area contributed by atoms with Crippen molar-refractivity contribution < 1.29 is 9.84 Å². The number of likely N-dealkylation sites (N-methyl/N-ethyl adjacent to an activating group) is 1. The zero-order chi connectivity index (χ0) is 15.0. The van der Waals surface area contributed by atoms with E-state index in [9.17, 15) is 5.11 Å². The molecule has 1 aromatic carbocycles. The Bertz CT molecular complexity index is 425. The van der Waals surface area contributed by atoms with Gasteiger partial charge >= 0.3 is 0 Å². The van der Waals surface area contributed by atoms with E-state index in [2.05, 4.69) is 24.8 Å². The molecule has 4 heteroatoms. The fraction of sp³-hybridized carbons (Fsp3) is 0.562. The van der Waals surface area contributed by atoms with Gasteiger partial charge < -0.3 is 14.7 Å². The molecule has 0 heterocycles. The Balaban J connectivity index is 2.35. The standard InChI is InChI=1S/C16H24N2O2/c1-4-5-13(2)18(3)11-15(19)12-20-16-8-6-14(10-17)7-9-16/h6-9,13,15,19H,4-5,11-12H2,1-3H3. The van der Waals surface area contributed by atoms with Crippen LogP contribution in [0.4, 0.5) is 0 Å². The number of rotatable bonds is 8. The molecule has 0 amide bonds. The van der Waals surface area contributed by atoms with Gasteiger partial charge in [-0.05, 0) is 44.7 Å². The van der Waals surface area contributed by atoms with E-state index in [4.69, 9.17) is 10.00 Å². The van der Waals surface area contributed by atoms with E-state index in [1.807, 2.05) is 7.05 Å². The average molecular weight is 276 g/mol. The number of ether oxygens (including phenoxy) is 1. The number of aliphatic hydroxyl groups excluding tert-OH is 1. The maximum atomic E-state index is 9.98. The normalized spacial score (nSPS) is 13.8. The van der Waals surface area contributed by atoms with Crippen molar-refractivity contribution in [3.8, 4) is 11.8 Å². The van der Waals surface area contributed by atoms with Crippen molar-refractivity contribution in [1.82, 2.24) is 4.90 Å². The lowest BCUT2D eigenvalue weighted by Crippen LogP contribution is -2.38. The second kappa shape index (κ2) is 8.57. The predicted molar refractivity (Wildman–Crippen MR) is 79.7 cm³/mol. The SMILES string of the molecule is CCCC(C)N(C)CC(O)COc1ccc(C#N)cc1. The molecule has 0 spiro atoms. The molecule has 0 aromatic heterocycles. The lowest BCUT2D eigenvalue weighted by Gasteiger charge is -2.26. The van der Waals surface area contributed by atoms with Crippen molar-refractivity contribution in [3.63, 3.8) is 0 Å². The quantitative estimate of drug-likeness (QED) is 0.792. The summed E-state index contributed by atoms with van der Waals surface area (Å²) in [4.78, 5) is 2.15. The molecule has 0 aliphatic carbocycles. The number of hydrogen-bond donors (Lipinski definition) is 1. The smallest absolute Gasteiger partial charge is 0.119 e. The summed E-state index contributed by atoms with van der Waals surface area (Å²) < 4.78 is 5.52. The zero-order valence-corrected chi connectivity index (χ0v) is 12.5. The Morgan fingerprint density at radius 1 is 1.35 bits per heavy atom. The van der Waals surface area contributed by atoms with Crippen molar-refractivity contribution in [3.05, 3.63) is 29.8 Å². The van der Waals surface area contributed by atoms with Crippen LogP contribution in [0.3, 0.4) is 0 Å². The van der Waals surface area contributed by atoms with Gasteiger partial charge in [0.05, 0.1) is 11.6 Å². The van der Waals surface area contributed by atoms with Gasteiger partial charge in [-0.1, -0.05) is 13.3 Å². The molecule has 0 saturated carbocycles. The maximum absolute atomic E-state index is 9.98. The van der Waals surface area contributed by atoms with Gasteiger partial charge in [-0.3, -0.25) is 0 Å². The lowest BCUT2D eigenvalue weighted by atomic mass is 10.1. The molecule has 1 rings (SSSR count). The van der Waals surface area contributed by atoms with Crippen LogP contribution in [0.15, 0.2) is 24.3 Å². The summed E-state index contributed by atoms with van der Waals surface area (Å²) in [5.41, 5.74) is 0.603. The summed E-state index contributed by atoms with van der Waals surface area (Å²) in [5, 5.41) is 18.7. The van der Waals surface area contributed by atoms with Crippen LogP contribution < -0.4 is 4.74 Å². The summed E-state index contributed by atoms with van der Waals surface area (Å²) in [6.45, 7) is 5.18. The van der Waals surface area contributed by atoms with Gasteiger partial charge in [-0.25, -0.2) is 0 Å². The van der Waals surface area contributed by atoms with Gasteiger partial charge in [0.15, 0.2) is 0 Å². The molecule has 2 atom stereocenters. The summed E-state index contributed by atoms with van der Waals surface area (Å²) in [7, 11) is 2.02. The Morgan fingerprint density at radius 3 is 2.55 bits per heavy atom. The second-order valence-corrected chi connectivity index (χ2v) is 5.18. The molecular weight excluding hydrogens is 252 g/mol. The van der Waals surface area contributed by atoms with Crippen LogP contribution in [-0.2, 0) is 0 Å². The molecule has 110 valence electrons. The third-order valence-corrected chi connectivity index (χ3v) is 3.38. The molecule has 20 heavy (non-hydrogen) atoms. The van der Waals surface area contributed by atoms with Crippen LogP contribution >= 0.6 is 0 Å². The van der Waals surface area contributed by atoms with Crippen molar-refractivity contribution in [2.24, 2.45) is 0 Å². The van der Waals surface area contributed by atoms with Gasteiger partial charge in [0.2, 0.25) is 0 Å². The number of nitriles is 1.